The highest BCUT2D eigenvalue weighted by atomic mass is 16.5. The van der Waals surface area contributed by atoms with Crippen LogP contribution in [0, 0.1) is 13.8 Å². The van der Waals surface area contributed by atoms with E-state index in [-0.39, 0.29) is 18.6 Å². The van der Waals surface area contributed by atoms with Gasteiger partial charge in [-0.25, -0.2) is 4.79 Å². The quantitative estimate of drug-likeness (QED) is 0.657. The van der Waals surface area contributed by atoms with Crippen LogP contribution in [0.5, 0.6) is 5.75 Å². The normalized spacial score (nSPS) is 14.4. The highest BCUT2D eigenvalue weighted by Crippen LogP contribution is 2.22. The van der Waals surface area contributed by atoms with Gasteiger partial charge in [-0.15, -0.1) is 0 Å². The largest absolute Gasteiger partial charge is 0.489 e. The van der Waals surface area contributed by atoms with Gasteiger partial charge in [0.05, 0.1) is 16.8 Å². The Labute approximate surface area is 171 Å². The number of amides is 1. The Morgan fingerprint density at radius 3 is 2.66 bits per heavy atom. The van der Waals surface area contributed by atoms with Crippen LogP contribution in [0.2, 0.25) is 0 Å². The molecule has 2 aromatic rings. The molecule has 7 heteroatoms. The second-order valence-corrected chi connectivity index (χ2v) is 7.49. The molecule has 0 atom stereocenters. The summed E-state index contributed by atoms with van der Waals surface area (Å²) in [6.07, 6.45) is 5.54. The summed E-state index contributed by atoms with van der Waals surface area (Å²) in [4.78, 5) is 26.4. The van der Waals surface area contributed by atoms with Crippen molar-refractivity contribution < 1.29 is 23.6 Å². The van der Waals surface area contributed by atoms with Crippen LogP contribution >= 0.6 is 0 Å². The Kier molecular flexibility index (Phi) is 6.90. The molecule has 0 unspecified atom stereocenters. The van der Waals surface area contributed by atoms with Gasteiger partial charge in [0.2, 0.25) is 0 Å². The molecule has 7 nitrogen and oxygen atoms in total. The number of benzene rings is 1. The van der Waals surface area contributed by atoms with Crippen molar-refractivity contribution in [3.8, 4) is 5.75 Å². The Morgan fingerprint density at radius 2 is 1.97 bits per heavy atom. The summed E-state index contributed by atoms with van der Waals surface area (Å²) in [7, 11) is 1.79. The molecular formula is C22H28N2O5. The van der Waals surface area contributed by atoms with Gasteiger partial charge in [-0.2, -0.15) is 0 Å². The average Bonchev–Trinajstić information content (AvgIpc) is 3.07. The molecule has 0 saturated heterocycles. The van der Waals surface area contributed by atoms with Crippen LogP contribution in [0.25, 0.3) is 0 Å². The van der Waals surface area contributed by atoms with Crippen molar-refractivity contribution in [2.45, 2.75) is 58.6 Å². The van der Waals surface area contributed by atoms with Gasteiger partial charge in [0.15, 0.2) is 6.61 Å². The van der Waals surface area contributed by atoms with Gasteiger partial charge in [0.25, 0.3) is 5.91 Å². The monoisotopic (exact) mass is 400 g/mol. The highest BCUT2D eigenvalue weighted by molar-refractivity contribution is 5.91. The molecule has 0 radical (unpaired) electrons. The zero-order chi connectivity index (χ0) is 20.8. The summed E-state index contributed by atoms with van der Waals surface area (Å²) in [5.74, 6) is 0.526. The third kappa shape index (κ3) is 5.37. The number of rotatable bonds is 7. The van der Waals surface area contributed by atoms with E-state index >= 15 is 0 Å². The van der Waals surface area contributed by atoms with Gasteiger partial charge in [-0.05, 0) is 44.9 Å². The molecule has 1 heterocycles. The molecule has 1 aromatic carbocycles. The minimum Gasteiger partial charge on any atom is -0.489 e. The standard InChI is InChI=1S/C22H28N2O5/c1-15-20(16(2)29-23-15)13-27-19-11-7-8-17(12-19)22(26)28-14-21(25)24(3)18-9-5-4-6-10-18/h7-8,11-12,18H,4-6,9-10,13-14H2,1-3H3. The smallest absolute Gasteiger partial charge is 0.338 e. The molecule has 1 aromatic heterocycles. The lowest BCUT2D eigenvalue weighted by atomic mass is 9.94. The third-order valence-corrected chi connectivity index (χ3v) is 5.48. The zero-order valence-electron chi connectivity index (χ0n) is 17.3. The fourth-order valence-corrected chi connectivity index (χ4v) is 3.56. The lowest BCUT2D eigenvalue weighted by Crippen LogP contribution is -2.40. The van der Waals surface area contributed by atoms with E-state index in [2.05, 4.69) is 5.16 Å². The number of hydrogen-bond donors (Lipinski definition) is 0. The molecule has 0 bridgehead atoms. The molecule has 0 N–H and O–H groups in total. The number of nitrogens with zero attached hydrogens (tertiary/aromatic N) is 2. The van der Waals surface area contributed by atoms with Crippen molar-refractivity contribution in [1.82, 2.24) is 10.1 Å². The summed E-state index contributed by atoms with van der Waals surface area (Å²) < 4.78 is 16.1. The molecule has 1 amide bonds. The van der Waals surface area contributed by atoms with Crippen LogP contribution in [0.1, 0.15) is 59.5 Å². The minimum atomic E-state index is -0.543. The molecule has 1 fully saturated rings. The maximum Gasteiger partial charge on any atom is 0.338 e. The highest BCUT2D eigenvalue weighted by Gasteiger charge is 2.23. The predicted molar refractivity (Wildman–Crippen MR) is 107 cm³/mol. The van der Waals surface area contributed by atoms with Crippen LogP contribution in [0.15, 0.2) is 28.8 Å². The summed E-state index contributed by atoms with van der Waals surface area (Å²) in [6.45, 7) is 3.72. The predicted octanol–water partition coefficient (Wildman–Crippen LogP) is 3.82. The van der Waals surface area contributed by atoms with E-state index in [9.17, 15) is 9.59 Å². The summed E-state index contributed by atoms with van der Waals surface area (Å²) in [5.41, 5.74) is 2.00. The van der Waals surface area contributed by atoms with Crippen LogP contribution in [0.3, 0.4) is 0 Å². The van der Waals surface area contributed by atoms with Crippen molar-refractivity contribution in [3.05, 3.63) is 46.8 Å². The first kappa shape index (κ1) is 20.9. The number of aryl methyl sites for hydroxylation is 2. The summed E-state index contributed by atoms with van der Waals surface area (Å²) in [6, 6.07) is 6.97. The van der Waals surface area contributed by atoms with E-state index in [1.807, 2.05) is 13.8 Å². The molecule has 1 aliphatic rings. The van der Waals surface area contributed by atoms with Gasteiger partial charge in [-0.1, -0.05) is 30.5 Å². The Balaban J connectivity index is 1.53. The topological polar surface area (TPSA) is 81.9 Å². The third-order valence-electron chi connectivity index (χ3n) is 5.48. The summed E-state index contributed by atoms with van der Waals surface area (Å²) >= 11 is 0. The number of hydrogen-bond acceptors (Lipinski definition) is 6. The van der Waals surface area contributed by atoms with Gasteiger partial charge in [-0.3, -0.25) is 4.79 Å². The fraction of sp³-hybridized carbons (Fsp3) is 0.500. The molecule has 0 spiro atoms. The first-order valence-corrected chi connectivity index (χ1v) is 10.0. The SMILES string of the molecule is Cc1noc(C)c1COc1cccc(C(=O)OCC(=O)N(C)C2CCCCC2)c1. The maximum absolute atomic E-state index is 12.4. The van der Waals surface area contributed by atoms with Crippen molar-refractivity contribution in [3.63, 3.8) is 0 Å². The number of carbonyl (C=O) groups excluding carboxylic acids is 2. The van der Waals surface area contributed by atoms with Gasteiger partial charge in [0, 0.05) is 13.1 Å². The van der Waals surface area contributed by atoms with Crippen molar-refractivity contribution in [2.24, 2.45) is 0 Å². The van der Waals surface area contributed by atoms with Crippen LogP contribution in [0.4, 0.5) is 0 Å². The molecule has 156 valence electrons. The molecule has 0 aliphatic heterocycles. The van der Waals surface area contributed by atoms with Gasteiger partial charge >= 0.3 is 5.97 Å². The Hall–Kier alpha value is -2.83. The first-order valence-electron chi connectivity index (χ1n) is 10.0. The van der Waals surface area contributed by atoms with E-state index in [1.165, 1.54) is 6.42 Å². The molecular weight excluding hydrogens is 372 g/mol. The molecule has 1 saturated carbocycles. The first-order chi connectivity index (χ1) is 14.0. The Bertz CT molecular complexity index is 835. The van der Waals surface area contributed by atoms with Crippen molar-refractivity contribution in [2.75, 3.05) is 13.7 Å². The lowest BCUT2D eigenvalue weighted by Gasteiger charge is -2.31. The number of ether oxygens (including phenoxy) is 2. The van der Waals surface area contributed by atoms with Crippen molar-refractivity contribution >= 4 is 11.9 Å². The van der Waals surface area contributed by atoms with Gasteiger partial charge in [0.1, 0.15) is 18.1 Å². The molecule has 3 rings (SSSR count). The molecule has 29 heavy (non-hydrogen) atoms. The van der Waals surface area contributed by atoms with Crippen LogP contribution in [-0.4, -0.2) is 41.6 Å². The van der Waals surface area contributed by atoms with E-state index in [1.54, 1.807) is 36.2 Å². The second-order valence-electron chi connectivity index (χ2n) is 7.49. The number of carbonyl (C=O) groups is 2. The molecule has 1 aliphatic carbocycles. The van der Waals surface area contributed by atoms with Crippen LogP contribution in [-0.2, 0) is 16.1 Å². The Morgan fingerprint density at radius 1 is 1.21 bits per heavy atom. The average molecular weight is 400 g/mol. The van der Waals surface area contributed by atoms with Crippen molar-refractivity contribution in [1.29, 1.82) is 0 Å². The minimum absolute atomic E-state index is 0.170. The van der Waals surface area contributed by atoms with Crippen LogP contribution < -0.4 is 4.74 Å². The van der Waals surface area contributed by atoms with E-state index in [0.717, 1.165) is 36.9 Å². The van der Waals surface area contributed by atoms with Gasteiger partial charge < -0.3 is 18.9 Å². The van der Waals surface area contributed by atoms with E-state index in [4.69, 9.17) is 14.0 Å². The lowest BCUT2D eigenvalue weighted by molar-refractivity contribution is -0.135. The number of likely N-dealkylation sites (N-methyl/N-ethyl adjacent to an activating group) is 1. The van der Waals surface area contributed by atoms with E-state index in [0.29, 0.717) is 23.7 Å². The zero-order valence-corrected chi connectivity index (χ0v) is 17.3. The number of esters is 1. The summed E-state index contributed by atoms with van der Waals surface area (Å²) in [5, 5.41) is 3.90. The second kappa shape index (κ2) is 9.58. The number of aromatic nitrogens is 1. The maximum atomic E-state index is 12.4. The fourth-order valence-electron chi connectivity index (χ4n) is 3.56. The van der Waals surface area contributed by atoms with E-state index < -0.39 is 5.97 Å².